The van der Waals surface area contributed by atoms with Crippen molar-refractivity contribution in [2.45, 2.75) is 6.42 Å². The molecule has 0 spiro atoms. The summed E-state index contributed by atoms with van der Waals surface area (Å²) in [5.74, 6) is -0.363. The predicted octanol–water partition coefficient (Wildman–Crippen LogP) is -0.554. The van der Waals surface area contributed by atoms with Crippen LogP contribution in [0, 0.1) is 0 Å². The minimum Gasteiger partial charge on any atom is -0.411 e. The molecule has 0 rings (SSSR count). The highest BCUT2D eigenvalue weighted by Crippen LogP contribution is 1.87. The Labute approximate surface area is 96.9 Å². The zero-order chi connectivity index (χ0) is 12.4. The lowest BCUT2D eigenvalue weighted by Gasteiger charge is -2.19. The summed E-state index contributed by atoms with van der Waals surface area (Å²) < 4.78 is 0. The van der Waals surface area contributed by atoms with E-state index in [9.17, 15) is 4.79 Å². The van der Waals surface area contributed by atoms with E-state index in [1.54, 1.807) is 0 Å². The van der Waals surface area contributed by atoms with Crippen molar-refractivity contribution in [3.63, 3.8) is 0 Å². The lowest BCUT2D eigenvalue weighted by Crippen LogP contribution is -2.32. The molecule has 0 saturated heterocycles. The molecule has 0 radical (unpaired) electrons. The highest BCUT2D eigenvalue weighted by Gasteiger charge is 2.00. The van der Waals surface area contributed by atoms with Crippen LogP contribution in [0.25, 0.3) is 0 Å². The first-order chi connectivity index (χ1) is 7.56. The summed E-state index contributed by atoms with van der Waals surface area (Å²) in [5.41, 5.74) is 0. The smallest absolute Gasteiger partial charge is 0.265 e. The molecule has 0 heterocycles. The van der Waals surface area contributed by atoms with Crippen LogP contribution in [0.4, 0.5) is 0 Å². The lowest BCUT2D eigenvalue weighted by atomic mass is 10.3. The first-order valence-electron chi connectivity index (χ1n) is 5.34. The second-order valence-corrected chi connectivity index (χ2v) is 4.00. The van der Waals surface area contributed by atoms with Crippen LogP contribution in [0.2, 0.25) is 0 Å². The number of carbonyl (C=O) groups is 1. The van der Waals surface area contributed by atoms with E-state index in [4.69, 9.17) is 5.21 Å². The van der Waals surface area contributed by atoms with Gasteiger partial charge < -0.3 is 20.3 Å². The Balaban J connectivity index is 3.40. The lowest BCUT2D eigenvalue weighted by molar-refractivity contribution is -0.114. The van der Waals surface area contributed by atoms with Crippen molar-refractivity contribution < 1.29 is 10.0 Å². The highest BCUT2D eigenvalue weighted by atomic mass is 16.4. The van der Waals surface area contributed by atoms with Crippen molar-refractivity contribution >= 4 is 12.1 Å². The van der Waals surface area contributed by atoms with Crippen molar-refractivity contribution in [1.29, 1.82) is 0 Å². The van der Waals surface area contributed by atoms with Crippen LogP contribution >= 0.6 is 0 Å². The normalized spacial score (nSPS) is 11.6. The average Bonchev–Trinajstić information content (AvgIpc) is 2.22. The summed E-state index contributed by atoms with van der Waals surface area (Å²) in [4.78, 5) is 15.2. The summed E-state index contributed by atoms with van der Waals surface area (Å²) in [6.07, 6.45) is 1.74. The molecule has 0 atom stereocenters. The standard InChI is InChI=1S/C10H22N4O2/c1-13(2)7-8-14(3)6-4-5-11-10(15)9-12-16/h9,16H,4-8H2,1-3H3,(H,11,15). The number of hydrogen-bond acceptors (Lipinski definition) is 5. The van der Waals surface area contributed by atoms with E-state index < -0.39 is 0 Å². The van der Waals surface area contributed by atoms with Gasteiger partial charge in [-0.1, -0.05) is 5.16 Å². The van der Waals surface area contributed by atoms with Gasteiger partial charge in [0.25, 0.3) is 5.91 Å². The zero-order valence-corrected chi connectivity index (χ0v) is 10.3. The largest absolute Gasteiger partial charge is 0.411 e. The third-order valence-corrected chi connectivity index (χ3v) is 2.12. The van der Waals surface area contributed by atoms with Gasteiger partial charge in [0, 0.05) is 19.6 Å². The molecule has 2 N–H and O–H groups in total. The predicted molar refractivity (Wildman–Crippen MR) is 64.0 cm³/mol. The molecule has 0 bridgehead atoms. The number of nitrogens with one attached hydrogen (secondary N) is 1. The number of carbonyl (C=O) groups excluding carboxylic acids is 1. The fourth-order valence-corrected chi connectivity index (χ4v) is 1.14. The first kappa shape index (κ1) is 14.9. The number of hydrogen-bond donors (Lipinski definition) is 2. The molecule has 0 aliphatic heterocycles. The van der Waals surface area contributed by atoms with Crippen LogP contribution in [0.5, 0.6) is 0 Å². The molecule has 94 valence electrons. The van der Waals surface area contributed by atoms with Crippen LogP contribution in [-0.4, -0.2) is 74.5 Å². The van der Waals surface area contributed by atoms with Crippen LogP contribution in [0.15, 0.2) is 5.16 Å². The fraction of sp³-hybridized carbons (Fsp3) is 0.800. The Morgan fingerprint density at radius 1 is 1.31 bits per heavy atom. The van der Waals surface area contributed by atoms with Crippen molar-refractivity contribution in [2.24, 2.45) is 5.16 Å². The minimum atomic E-state index is -0.363. The fourth-order valence-electron chi connectivity index (χ4n) is 1.14. The SMILES string of the molecule is CN(C)CCN(C)CCCNC(=O)C=NO. The van der Waals surface area contributed by atoms with Gasteiger partial charge in [-0.2, -0.15) is 0 Å². The van der Waals surface area contributed by atoms with Gasteiger partial charge in [0.2, 0.25) is 0 Å². The maximum atomic E-state index is 10.9. The quantitative estimate of drug-likeness (QED) is 0.254. The maximum Gasteiger partial charge on any atom is 0.265 e. The van der Waals surface area contributed by atoms with Crippen LogP contribution in [-0.2, 0) is 4.79 Å². The number of likely N-dealkylation sites (N-methyl/N-ethyl adjacent to an activating group) is 2. The number of oxime groups is 1. The van der Waals surface area contributed by atoms with Gasteiger partial charge >= 0.3 is 0 Å². The highest BCUT2D eigenvalue weighted by molar-refractivity contribution is 6.25. The van der Waals surface area contributed by atoms with Crippen LogP contribution in [0.3, 0.4) is 0 Å². The molecule has 0 saturated carbocycles. The summed E-state index contributed by atoms with van der Waals surface area (Å²) in [7, 11) is 6.14. The number of rotatable bonds is 8. The molecule has 16 heavy (non-hydrogen) atoms. The monoisotopic (exact) mass is 230 g/mol. The summed E-state index contributed by atoms with van der Waals surface area (Å²) in [6.45, 7) is 3.57. The summed E-state index contributed by atoms with van der Waals surface area (Å²) in [5, 5.41) is 13.4. The second-order valence-electron chi connectivity index (χ2n) is 4.00. The van der Waals surface area contributed by atoms with Gasteiger partial charge in [0.15, 0.2) is 0 Å². The van der Waals surface area contributed by atoms with Gasteiger partial charge in [0.1, 0.15) is 6.21 Å². The molecule has 0 aromatic rings. The Morgan fingerprint density at radius 2 is 2.00 bits per heavy atom. The molecule has 0 aromatic carbocycles. The van der Waals surface area contributed by atoms with E-state index in [1.165, 1.54) is 0 Å². The number of nitrogens with zero attached hydrogens (tertiary/aromatic N) is 3. The molecule has 0 fully saturated rings. The van der Waals surface area contributed by atoms with E-state index in [2.05, 4.69) is 27.3 Å². The van der Waals surface area contributed by atoms with Crippen molar-refractivity contribution in [3.05, 3.63) is 0 Å². The molecular formula is C10H22N4O2. The molecule has 0 aromatic heterocycles. The zero-order valence-electron chi connectivity index (χ0n) is 10.3. The summed E-state index contributed by atoms with van der Waals surface area (Å²) in [6, 6.07) is 0. The van der Waals surface area contributed by atoms with Crippen molar-refractivity contribution in [3.8, 4) is 0 Å². The topological polar surface area (TPSA) is 68.2 Å². The van der Waals surface area contributed by atoms with E-state index in [-0.39, 0.29) is 5.91 Å². The van der Waals surface area contributed by atoms with Crippen LogP contribution in [0.1, 0.15) is 6.42 Å². The molecule has 0 aliphatic carbocycles. The van der Waals surface area contributed by atoms with E-state index >= 15 is 0 Å². The van der Waals surface area contributed by atoms with Gasteiger partial charge in [-0.25, -0.2) is 0 Å². The molecule has 0 unspecified atom stereocenters. The Morgan fingerprint density at radius 3 is 2.56 bits per heavy atom. The Bertz CT molecular complexity index is 219. The molecular weight excluding hydrogens is 208 g/mol. The van der Waals surface area contributed by atoms with E-state index in [0.717, 1.165) is 32.3 Å². The van der Waals surface area contributed by atoms with E-state index in [0.29, 0.717) is 6.54 Å². The number of amides is 1. The maximum absolute atomic E-state index is 10.9. The van der Waals surface area contributed by atoms with Gasteiger partial charge in [-0.15, -0.1) is 0 Å². The van der Waals surface area contributed by atoms with E-state index in [1.807, 2.05) is 14.1 Å². The molecule has 6 heteroatoms. The van der Waals surface area contributed by atoms with Crippen molar-refractivity contribution in [1.82, 2.24) is 15.1 Å². The molecule has 6 nitrogen and oxygen atoms in total. The Kier molecular flexibility index (Phi) is 8.46. The van der Waals surface area contributed by atoms with Gasteiger partial charge in [-0.3, -0.25) is 4.79 Å². The Hall–Kier alpha value is -1.14. The second kappa shape index (κ2) is 9.11. The third-order valence-electron chi connectivity index (χ3n) is 2.12. The molecule has 1 amide bonds. The van der Waals surface area contributed by atoms with Crippen LogP contribution < -0.4 is 5.32 Å². The minimum absolute atomic E-state index is 0.363. The molecule has 0 aliphatic rings. The van der Waals surface area contributed by atoms with Crippen molar-refractivity contribution in [2.75, 3.05) is 47.3 Å². The van der Waals surface area contributed by atoms with Gasteiger partial charge in [-0.05, 0) is 34.1 Å². The first-order valence-corrected chi connectivity index (χ1v) is 5.34. The van der Waals surface area contributed by atoms with Gasteiger partial charge in [0.05, 0.1) is 0 Å². The average molecular weight is 230 g/mol. The third kappa shape index (κ3) is 9.42. The summed E-state index contributed by atoms with van der Waals surface area (Å²) >= 11 is 0.